The van der Waals surface area contributed by atoms with Crippen LogP contribution in [0.2, 0.25) is 0 Å². The van der Waals surface area contributed by atoms with Gasteiger partial charge >= 0.3 is 0 Å². The molecule has 0 atom stereocenters. The zero-order valence-electron chi connectivity index (χ0n) is 18.2. The van der Waals surface area contributed by atoms with Crippen molar-refractivity contribution in [1.82, 2.24) is 9.88 Å². The number of carbonyl (C=O) groups excluding carboxylic acids is 2. The Labute approximate surface area is 191 Å². The molecule has 7 heteroatoms. The Bertz CT molecular complexity index is 1180. The third-order valence-corrected chi connectivity index (χ3v) is 5.89. The quantitative estimate of drug-likeness (QED) is 0.557. The van der Waals surface area contributed by atoms with Gasteiger partial charge in [-0.05, 0) is 73.5 Å². The summed E-state index contributed by atoms with van der Waals surface area (Å²) >= 11 is 0. The highest BCUT2D eigenvalue weighted by Gasteiger charge is 2.18. The van der Waals surface area contributed by atoms with Crippen LogP contribution in [-0.4, -0.2) is 22.4 Å². The number of hydrogen-bond donors (Lipinski definition) is 2. The molecule has 0 radical (unpaired) electrons. The standard InChI is InChI=1S/C26H26FN3O3/c27-19-11-9-18(10-12-19)24(31)28-21-13-15-22(16-14-21)30-17-5-8-23(26(30)33)25(32)29-20-6-3-1-2-4-7-20/h5,8-17,20H,1-4,6-7H2,(H,28,31)(H,29,32). The molecule has 1 heterocycles. The summed E-state index contributed by atoms with van der Waals surface area (Å²) in [5, 5.41) is 5.76. The van der Waals surface area contributed by atoms with E-state index in [-0.39, 0.29) is 23.4 Å². The van der Waals surface area contributed by atoms with E-state index < -0.39 is 11.4 Å². The summed E-state index contributed by atoms with van der Waals surface area (Å²) in [6, 6.07) is 15.3. The topological polar surface area (TPSA) is 80.2 Å². The second-order valence-electron chi connectivity index (χ2n) is 8.27. The van der Waals surface area contributed by atoms with Gasteiger partial charge < -0.3 is 10.6 Å². The number of hydrogen-bond acceptors (Lipinski definition) is 3. The Kier molecular flexibility index (Phi) is 6.98. The Morgan fingerprint density at radius 1 is 0.848 bits per heavy atom. The van der Waals surface area contributed by atoms with Crippen molar-refractivity contribution in [3.05, 3.63) is 94.2 Å². The van der Waals surface area contributed by atoms with Gasteiger partial charge in [-0.2, -0.15) is 0 Å². The van der Waals surface area contributed by atoms with Gasteiger partial charge in [-0.3, -0.25) is 19.0 Å². The molecule has 1 fully saturated rings. The molecule has 2 N–H and O–H groups in total. The average Bonchev–Trinajstić information content (AvgIpc) is 3.09. The van der Waals surface area contributed by atoms with Gasteiger partial charge in [0, 0.05) is 29.2 Å². The largest absolute Gasteiger partial charge is 0.349 e. The zero-order valence-corrected chi connectivity index (χ0v) is 18.2. The second-order valence-corrected chi connectivity index (χ2v) is 8.27. The highest BCUT2D eigenvalue weighted by atomic mass is 19.1. The molecule has 2 aromatic carbocycles. The molecule has 0 aliphatic heterocycles. The van der Waals surface area contributed by atoms with Gasteiger partial charge in [-0.1, -0.05) is 25.7 Å². The van der Waals surface area contributed by atoms with E-state index in [0.29, 0.717) is 16.9 Å². The lowest BCUT2D eigenvalue weighted by Crippen LogP contribution is -2.38. The fraction of sp³-hybridized carbons (Fsp3) is 0.269. The maximum absolute atomic E-state index is 13.0. The van der Waals surface area contributed by atoms with E-state index in [0.717, 1.165) is 25.7 Å². The summed E-state index contributed by atoms with van der Waals surface area (Å²) in [6.07, 6.45) is 8.05. The molecular weight excluding hydrogens is 421 g/mol. The van der Waals surface area contributed by atoms with Gasteiger partial charge in [0.15, 0.2) is 0 Å². The van der Waals surface area contributed by atoms with Crippen molar-refractivity contribution < 1.29 is 14.0 Å². The van der Waals surface area contributed by atoms with E-state index in [1.807, 2.05) is 0 Å². The number of aromatic nitrogens is 1. The number of amides is 2. The summed E-state index contributed by atoms with van der Waals surface area (Å²) in [5.74, 6) is -1.12. The van der Waals surface area contributed by atoms with Crippen LogP contribution in [0.5, 0.6) is 0 Å². The van der Waals surface area contributed by atoms with E-state index in [1.54, 1.807) is 42.6 Å². The summed E-state index contributed by atoms with van der Waals surface area (Å²) in [7, 11) is 0. The SMILES string of the molecule is O=C(Nc1ccc(-n2cccc(C(=O)NC3CCCCCC3)c2=O)cc1)c1ccc(F)cc1. The van der Waals surface area contributed by atoms with Gasteiger partial charge in [0.1, 0.15) is 11.4 Å². The van der Waals surface area contributed by atoms with Crippen LogP contribution in [0.4, 0.5) is 10.1 Å². The van der Waals surface area contributed by atoms with Gasteiger partial charge in [0.25, 0.3) is 17.4 Å². The number of anilines is 1. The Balaban J connectivity index is 1.47. The third-order valence-electron chi connectivity index (χ3n) is 5.89. The lowest BCUT2D eigenvalue weighted by molar-refractivity contribution is 0.0930. The molecule has 1 aliphatic rings. The van der Waals surface area contributed by atoms with Crippen molar-refractivity contribution in [3.63, 3.8) is 0 Å². The number of carbonyl (C=O) groups is 2. The molecule has 170 valence electrons. The summed E-state index contributed by atoms with van der Waals surface area (Å²) in [5.41, 5.74) is 1.15. The Morgan fingerprint density at radius 2 is 1.52 bits per heavy atom. The van der Waals surface area contributed by atoms with Gasteiger partial charge in [0.05, 0.1) is 0 Å². The van der Waals surface area contributed by atoms with E-state index >= 15 is 0 Å². The first-order valence-corrected chi connectivity index (χ1v) is 11.2. The van der Waals surface area contributed by atoms with Crippen molar-refractivity contribution in [1.29, 1.82) is 0 Å². The zero-order chi connectivity index (χ0) is 23.2. The van der Waals surface area contributed by atoms with Crippen LogP contribution >= 0.6 is 0 Å². The van der Waals surface area contributed by atoms with E-state index in [9.17, 15) is 18.8 Å². The number of rotatable bonds is 5. The number of pyridine rings is 1. The van der Waals surface area contributed by atoms with Crippen LogP contribution in [0.15, 0.2) is 71.7 Å². The third kappa shape index (κ3) is 5.55. The molecule has 3 aromatic rings. The highest BCUT2D eigenvalue weighted by Crippen LogP contribution is 2.18. The minimum atomic E-state index is -0.411. The molecule has 6 nitrogen and oxygen atoms in total. The fourth-order valence-corrected chi connectivity index (χ4v) is 4.07. The van der Waals surface area contributed by atoms with Crippen LogP contribution in [0.25, 0.3) is 5.69 Å². The summed E-state index contributed by atoms with van der Waals surface area (Å²) < 4.78 is 14.5. The van der Waals surface area contributed by atoms with E-state index in [2.05, 4.69) is 10.6 Å². The maximum atomic E-state index is 13.0. The second kappa shape index (κ2) is 10.3. The lowest BCUT2D eigenvalue weighted by Gasteiger charge is -2.16. The predicted octanol–water partition coefficient (Wildman–Crippen LogP) is 4.68. The van der Waals surface area contributed by atoms with Crippen LogP contribution in [0, 0.1) is 5.82 Å². The number of halogens is 1. The van der Waals surface area contributed by atoms with Crippen molar-refractivity contribution in [2.24, 2.45) is 0 Å². The number of benzene rings is 2. The van der Waals surface area contributed by atoms with Crippen LogP contribution in [0.3, 0.4) is 0 Å². The molecule has 0 saturated heterocycles. The van der Waals surface area contributed by atoms with E-state index in [4.69, 9.17) is 0 Å². The number of nitrogens with one attached hydrogen (secondary N) is 2. The Hall–Kier alpha value is -3.74. The first-order valence-electron chi connectivity index (χ1n) is 11.2. The number of nitrogens with zero attached hydrogens (tertiary/aromatic N) is 1. The van der Waals surface area contributed by atoms with Crippen molar-refractivity contribution in [3.8, 4) is 5.69 Å². The minimum Gasteiger partial charge on any atom is -0.349 e. The normalized spacial score (nSPS) is 14.3. The molecular formula is C26H26FN3O3. The van der Waals surface area contributed by atoms with Crippen LogP contribution in [-0.2, 0) is 0 Å². The van der Waals surface area contributed by atoms with Crippen LogP contribution < -0.4 is 16.2 Å². The van der Waals surface area contributed by atoms with Gasteiger partial charge in [-0.25, -0.2) is 4.39 Å². The van der Waals surface area contributed by atoms with Gasteiger partial charge in [0.2, 0.25) is 0 Å². The lowest BCUT2D eigenvalue weighted by atomic mass is 10.1. The van der Waals surface area contributed by atoms with E-state index in [1.165, 1.54) is 41.7 Å². The summed E-state index contributed by atoms with van der Waals surface area (Å²) in [4.78, 5) is 38.1. The molecule has 0 bridgehead atoms. The highest BCUT2D eigenvalue weighted by molar-refractivity contribution is 6.04. The molecule has 4 rings (SSSR count). The average molecular weight is 448 g/mol. The molecule has 0 unspecified atom stereocenters. The molecule has 33 heavy (non-hydrogen) atoms. The minimum absolute atomic E-state index is 0.107. The smallest absolute Gasteiger partial charge is 0.267 e. The first-order chi connectivity index (χ1) is 16.0. The first kappa shape index (κ1) is 22.5. The summed E-state index contributed by atoms with van der Waals surface area (Å²) in [6.45, 7) is 0. The molecule has 0 spiro atoms. The molecule has 1 aromatic heterocycles. The molecule has 1 aliphatic carbocycles. The Morgan fingerprint density at radius 3 is 2.18 bits per heavy atom. The van der Waals surface area contributed by atoms with Crippen molar-refractivity contribution in [2.75, 3.05) is 5.32 Å². The van der Waals surface area contributed by atoms with Crippen LogP contribution in [0.1, 0.15) is 59.2 Å². The van der Waals surface area contributed by atoms with Crippen molar-refractivity contribution >= 4 is 17.5 Å². The monoisotopic (exact) mass is 447 g/mol. The predicted molar refractivity (Wildman–Crippen MR) is 125 cm³/mol. The van der Waals surface area contributed by atoms with Crippen molar-refractivity contribution in [2.45, 2.75) is 44.6 Å². The van der Waals surface area contributed by atoms with Gasteiger partial charge in [-0.15, -0.1) is 0 Å². The fourth-order valence-electron chi connectivity index (χ4n) is 4.07. The molecule has 2 amide bonds. The maximum Gasteiger partial charge on any atom is 0.267 e. The molecule has 1 saturated carbocycles.